The number of amides is 4. The third kappa shape index (κ3) is 3.67. The lowest BCUT2D eigenvalue weighted by molar-refractivity contribution is -0.140. The number of carbonyl (C=O) groups is 3. The van der Waals surface area contributed by atoms with Crippen molar-refractivity contribution in [2.45, 2.75) is 64.8 Å². The van der Waals surface area contributed by atoms with Crippen molar-refractivity contribution in [3.8, 4) is 0 Å². The van der Waals surface area contributed by atoms with Gasteiger partial charge in [0.2, 0.25) is 5.91 Å². The Balaban J connectivity index is 2.03. The van der Waals surface area contributed by atoms with Gasteiger partial charge in [-0.3, -0.25) is 14.5 Å². The van der Waals surface area contributed by atoms with Crippen LogP contribution < -0.4 is 5.32 Å². The van der Waals surface area contributed by atoms with Crippen LogP contribution >= 0.6 is 0 Å². The molecule has 0 radical (unpaired) electrons. The van der Waals surface area contributed by atoms with Crippen molar-refractivity contribution in [3.63, 3.8) is 0 Å². The summed E-state index contributed by atoms with van der Waals surface area (Å²) < 4.78 is 0. The number of urea groups is 1. The van der Waals surface area contributed by atoms with Crippen LogP contribution in [0.2, 0.25) is 0 Å². The maximum atomic E-state index is 12.8. The highest BCUT2D eigenvalue weighted by atomic mass is 16.2. The van der Waals surface area contributed by atoms with E-state index in [2.05, 4.69) is 12.2 Å². The van der Waals surface area contributed by atoms with Gasteiger partial charge in [0.15, 0.2) is 0 Å². The Morgan fingerprint density at radius 1 is 1.17 bits per heavy atom. The van der Waals surface area contributed by atoms with Gasteiger partial charge in [-0.2, -0.15) is 0 Å². The number of rotatable bonds is 6. The number of piperidine rings is 1. The molecule has 4 amide bonds. The maximum Gasteiger partial charge on any atom is 0.325 e. The van der Waals surface area contributed by atoms with E-state index in [1.807, 2.05) is 13.8 Å². The maximum absolute atomic E-state index is 12.8. The Kier molecular flexibility index (Phi) is 5.65. The summed E-state index contributed by atoms with van der Waals surface area (Å²) in [5.74, 6) is 0.284. The Morgan fingerprint density at radius 3 is 2.26 bits per heavy atom. The number of hydrogen-bond acceptors (Lipinski definition) is 3. The summed E-state index contributed by atoms with van der Waals surface area (Å²) in [6.07, 6.45) is 4.85. The largest absolute Gasteiger partial charge is 0.341 e. The van der Waals surface area contributed by atoms with Crippen molar-refractivity contribution in [1.82, 2.24) is 15.1 Å². The van der Waals surface area contributed by atoms with Crippen LogP contribution in [-0.4, -0.2) is 52.8 Å². The highest BCUT2D eigenvalue weighted by Gasteiger charge is 2.50. The molecule has 0 aromatic heterocycles. The molecular formula is C17H29N3O3. The van der Waals surface area contributed by atoms with Gasteiger partial charge in [0.25, 0.3) is 5.91 Å². The molecule has 2 heterocycles. The van der Waals surface area contributed by atoms with Crippen molar-refractivity contribution < 1.29 is 14.4 Å². The molecule has 2 aliphatic rings. The van der Waals surface area contributed by atoms with Gasteiger partial charge in [-0.25, -0.2) is 4.79 Å². The summed E-state index contributed by atoms with van der Waals surface area (Å²) in [6.45, 7) is 7.49. The fraction of sp³-hybridized carbons (Fsp3) is 0.824. The van der Waals surface area contributed by atoms with Crippen LogP contribution in [0.25, 0.3) is 0 Å². The summed E-state index contributed by atoms with van der Waals surface area (Å²) in [5.41, 5.74) is -0.808. The van der Waals surface area contributed by atoms with E-state index in [1.165, 1.54) is 0 Å². The second-order valence-electron chi connectivity index (χ2n) is 6.97. The van der Waals surface area contributed by atoms with Crippen LogP contribution in [0, 0.1) is 5.92 Å². The van der Waals surface area contributed by atoms with Gasteiger partial charge in [0.05, 0.1) is 0 Å². The lowest BCUT2D eigenvalue weighted by atomic mass is 9.88. The average molecular weight is 323 g/mol. The topological polar surface area (TPSA) is 69.7 Å². The summed E-state index contributed by atoms with van der Waals surface area (Å²) in [7, 11) is 0. The first-order chi connectivity index (χ1) is 10.9. The van der Waals surface area contributed by atoms with Crippen molar-refractivity contribution in [3.05, 3.63) is 0 Å². The molecule has 6 heteroatoms. The molecular weight excluding hydrogens is 294 g/mol. The van der Waals surface area contributed by atoms with Gasteiger partial charge in [-0.15, -0.1) is 0 Å². The van der Waals surface area contributed by atoms with Crippen LogP contribution in [0.4, 0.5) is 4.79 Å². The van der Waals surface area contributed by atoms with Gasteiger partial charge in [-0.05, 0) is 31.6 Å². The van der Waals surface area contributed by atoms with Gasteiger partial charge >= 0.3 is 6.03 Å². The second-order valence-corrected chi connectivity index (χ2v) is 6.97. The van der Waals surface area contributed by atoms with Crippen LogP contribution in [0.3, 0.4) is 0 Å². The zero-order chi connectivity index (χ0) is 17.0. The molecule has 0 unspecified atom stereocenters. The highest BCUT2D eigenvalue weighted by molar-refractivity contribution is 6.09. The zero-order valence-electron chi connectivity index (χ0n) is 14.6. The average Bonchev–Trinajstić information content (AvgIpc) is 2.73. The van der Waals surface area contributed by atoms with E-state index < -0.39 is 11.6 Å². The highest BCUT2D eigenvalue weighted by Crippen LogP contribution is 2.28. The third-order valence-corrected chi connectivity index (χ3v) is 5.03. The molecule has 1 N–H and O–H groups in total. The monoisotopic (exact) mass is 323 g/mol. The molecule has 0 saturated carbocycles. The minimum atomic E-state index is -0.808. The molecule has 0 aromatic carbocycles. The lowest BCUT2D eigenvalue weighted by Gasteiger charge is -2.31. The number of carbonyl (C=O) groups excluding carboxylic acids is 3. The van der Waals surface area contributed by atoms with Crippen molar-refractivity contribution in [2.24, 2.45) is 5.92 Å². The van der Waals surface area contributed by atoms with E-state index in [4.69, 9.17) is 0 Å². The van der Waals surface area contributed by atoms with Crippen molar-refractivity contribution in [1.29, 1.82) is 0 Å². The zero-order valence-corrected chi connectivity index (χ0v) is 14.6. The van der Waals surface area contributed by atoms with Gasteiger partial charge < -0.3 is 10.2 Å². The molecule has 0 spiro atoms. The summed E-state index contributed by atoms with van der Waals surface area (Å²) >= 11 is 0. The lowest BCUT2D eigenvalue weighted by Crippen LogP contribution is -2.48. The molecule has 2 saturated heterocycles. The molecule has 130 valence electrons. The van der Waals surface area contributed by atoms with E-state index >= 15 is 0 Å². The minimum absolute atomic E-state index is 0.121. The molecule has 2 fully saturated rings. The first-order valence-electron chi connectivity index (χ1n) is 8.85. The molecule has 2 aliphatic heterocycles. The third-order valence-electron chi connectivity index (χ3n) is 5.03. The van der Waals surface area contributed by atoms with E-state index in [9.17, 15) is 14.4 Å². The van der Waals surface area contributed by atoms with Crippen LogP contribution in [0.5, 0.6) is 0 Å². The van der Waals surface area contributed by atoms with Gasteiger partial charge in [0, 0.05) is 13.1 Å². The van der Waals surface area contributed by atoms with Crippen molar-refractivity contribution in [2.75, 3.05) is 19.6 Å². The molecule has 0 aromatic rings. The number of likely N-dealkylation sites (tertiary alicyclic amines) is 1. The molecule has 0 bridgehead atoms. The predicted molar refractivity (Wildman–Crippen MR) is 87.8 cm³/mol. The first-order valence-corrected chi connectivity index (χ1v) is 8.85. The van der Waals surface area contributed by atoms with E-state index in [-0.39, 0.29) is 18.4 Å². The fourth-order valence-corrected chi connectivity index (χ4v) is 3.63. The van der Waals surface area contributed by atoms with Crippen molar-refractivity contribution >= 4 is 17.8 Å². The number of imide groups is 1. The van der Waals surface area contributed by atoms with E-state index in [0.717, 1.165) is 43.7 Å². The fourth-order valence-electron chi connectivity index (χ4n) is 3.63. The smallest absolute Gasteiger partial charge is 0.325 e. The summed E-state index contributed by atoms with van der Waals surface area (Å²) in [6, 6.07) is -0.421. The minimum Gasteiger partial charge on any atom is -0.341 e. The van der Waals surface area contributed by atoms with Crippen LogP contribution in [0.1, 0.15) is 59.3 Å². The molecule has 0 atom stereocenters. The molecule has 6 nitrogen and oxygen atoms in total. The second kappa shape index (κ2) is 7.32. The quantitative estimate of drug-likeness (QED) is 0.761. The van der Waals surface area contributed by atoms with Crippen LogP contribution in [0.15, 0.2) is 0 Å². The molecule has 2 rings (SSSR count). The Hall–Kier alpha value is -1.59. The Morgan fingerprint density at radius 2 is 1.74 bits per heavy atom. The molecule has 0 aliphatic carbocycles. The Labute approximate surface area is 138 Å². The van der Waals surface area contributed by atoms with Crippen LogP contribution in [-0.2, 0) is 9.59 Å². The molecule has 23 heavy (non-hydrogen) atoms. The standard InChI is InChI=1S/C17H29N3O3/c1-4-8-17(9-5-2)15(22)20(16(23)18-17)12-14(21)19-10-6-13(3)7-11-19/h13H,4-12H2,1-3H3,(H,18,23). The summed E-state index contributed by atoms with van der Waals surface area (Å²) in [5, 5.41) is 2.85. The normalized spacial score (nSPS) is 21.7. The Bertz CT molecular complexity index is 464. The number of nitrogens with one attached hydrogen (secondary N) is 1. The van der Waals surface area contributed by atoms with Gasteiger partial charge in [0.1, 0.15) is 12.1 Å². The van der Waals surface area contributed by atoms with Gasteiger partial charge in [-0.1, -0.05) is 33.6 Å². The predicted octanol–water partition coefficient (Wildman–Crippen LogP) is 2.14. The SMILES string of the molecule is CCCC1(CCC)NC(=O)N(CC(=O)N2CCC(C)CC2)C1=O. The number of nitrogens with zero attached hydrogens (tertiary/aromatic N) is 2. The summed E-state index contributed by atoms with van der Waals surface area (Å²) in [4.78, 5) is 40.3. The van der Waals surface area contributed by atoms with E-state index in [1.54, 1.807) is 4.90 Å². The number of hydrogen-bond donors (Lipinski definition) is 1. The van der Waals surface area contributed by atoms with E-state index in [0.29, 0.717) is 18.8 Å². The first kappa shape index (κ1) is 17.8.